The van der Waals surface area contributed by atoms with E-state index < -0.39 is 52.0 Å². The third-order valence-corrected chi connectivity index (χ3v) is 1.75. The van der Waals surface area contributed by atoms with Crippen LogP contribution in [0.25, 0.3) is 0 Å². The summed E-state index contributed by atoms with van der Waals surface area (Å²) in [5.41, 5.74) is 0. The topological polar surface area (TPSA) is 229 Å². The van der Waals surface area contributed by atoms with Crippen LogP contribution in [-0.4, -0.2) is 52.0 Å². The van der Waals surface area contributed by atoms with E-state index >= 15 is 0 Å². The second-order valence-corrected chi connectivity index (χ2v) is 2.76. The average molecular weight is 299 g/mol. The van der Waals surface area contributed by atoms with Gasteiger partial charge in [0.25, 0.3) is 0 Å². The SMILES string of the molecule is O=[N+]([O-])C1N([N+](=O)[O-])N([N+](=O)[O-])N([N+](=O)[O-])N1[N+](=O)[O-]. The molecule has 19 heteroatoms. The summed E-state index contributed by atoms with van der Waals surface area (Å²) < 4.78 is 0. The van der Waals surface area contributed by atoms with Crippen LogP contribution in [0.15, 0.2) is 0 Å². The molecule has 20 heavy (non-hydrogen) atoms. The van der Waals surface area contributed by atoms with E-state index in [1.807, 2.05) is 0 Å². The Bertz CT molecular complexity index is 384. The molecule has 0 aliphatic carbocycles. The Hall–Kier alpha value is -3.80. The van der Waals surface area contributed by atoms with Crippen molar-refractivity contribution in [3.05, 3.63) is 50.6 Å². The molecule has 1 saturated heterocycles. The van der Waals surface area contributed by atoms with Gasteiger partial charge in [-0.1, -0.05) is 0 Å². The number of nitrogens with zero attached hydrogens (tertiary/aromatic N) is 9. The lowest BCUT2D eigenvalue weighted by atomic mass is 10.9. The zero-order valence-electron chi connectivity index (χ0n) is 8.68. The molecular weight excluding hydrogens is 298 g/mol. The van der Waals surface area contributed by atoms with Crippen molar-refractivity contribution < 1.29 is 25.1 Å². The first-order valence-corrected chi connectivity index (χ1v) is 4.00. The minimum Gasteiger partial charge on any atom is -0.260 e. The minimum absolute atomic E-state index is 0.994. The maximum Gasteiger partial charge on any atom is 0.520 e. The van der Waals surface area contributed by atoms with Crippen LogP contribution in [0.3, 0.4) is 0 Å². The average Bonchev–Trinajstić information content (AvgIpc) is 2.64. The quantitative estimate of drug-likeness (QED) is 0.370. The Morgan fingerprint density at radius 2 is 0.900 bits per heavy atom. The summed E-state index contributed by atoms with van der Waals surface area (Å²) >= 11 is 0. The fourth-order valence-corrected chi connectivity index (χ4v) is 1.19. The van der Waals surface area contributed by atoms with Gasteiger partial charge in [-0.3, -0.25) is 10.1 Å². The summed E-state index contributed by atoms with van der Waals surface area (Å²) in [4.78, 5) is 51.1. The summed E-state index contributed by atoms with van der Waals surface area (Å²) in [5, 5.41) is 41.4. The monoisotopic (exact) mass is 299 g/mol. The molecule has 0 N–H and O–H groups in total. The molecule has 0 radical (unpaired) electrons. The number of hydrazine groups is 7. The van der Waals surface area contributed by atoms with Crippen molar-refractivity contribution in [3.8, 4) is 0 Å². The van der Waals surface area contributed by atoms with E-state index in [9.17, 15) is 50.6 Å². The summed E-state index contributed by atoms with van der Waals surface area (Å²) in [6, 6.07) is 0. The first-order valence-electron chi connectivity index (χ1n) is 4.00. The van der Waals surface area contributed by atoms with Crippen molar-refractivity contribution >= 4 is 0 Å². The smallest absolute Gasteiger partial charge is 0.260 e. The van der Waals surface area contributed by atoms with Gasteiger partial charge in [0, 0.05) is 0 Å². The molecule has 1 fully saturated rings. The lowest BCUT2D eigenvalue weighted by Crippen LogP contribution is -2.55. The standard InChI is InChI=1S/CHN9O10/c11-4(12)1-2(7(13)14)5(9(17)18)6(10(19)20)3(1)8(15)16/h1H. The van der Waals surface area contributed by atoms with Gasteiger partial charge in [0.1, 0.15) is 0 Å². The van der Waals surface area contributed by atoms with E-state index in [-0.39, 0.29) is 0 Å². The van der Waals surface area contributed by atoms with E-state index in [4.69, 9.17) is 0 Å². The van der Waals surface area contributed by atoms with Crippen molar-refractivity contribution in [3.63, 3.8) is 0 Å². The van der Waals surface area contributed by atoms with Crippen molar-refractivity contribution in [2.45, 2.75) is 6.29 Å². The predicted molar refractivity (Wildman–Crippen MR) is 46.1 cm³/mol. The highest BCUT2D eigenvalue weighted by atomic mass is 16.8. The largest absolute Gasteiger partial charge is 0.520 e. The van der Waals surface area contributed by atoms with E-state index in [1.165, 1.54) is 0 Å². The van der Waals surface area contributed by atoms with Crippen molar-refractivity contribution in [2.75, 3.05) is 0 Å². The molecule has 0 bridgehead atoms. The fourth-order valence-electron chi connectivity index (χ4n) is 1.19. The molecule has 0 atom stereocenters. The van der Waals surface area contributed by atoms with Gasteiger partial charge in [-0.15, -0.1) is 0 Å². The van der Waals surface area contributed by atoms with Gasteiger partial charge in [-0.2, -0.15) is 0 Å². The molecule has 0 spiro atoms. The molecule has 1 heterocycles. The van der Waals surface area contributed by atoms with E-state index in [1.54, 1.807) is 0 Å². The highest BCUT2D eigenvalue weighted by molar-refractivity contribution is 4.46. The highest BCUT2D eigenvalue weighted by Crippen LogP contribution is 2.24. The van der Waals surface area contributed by atoms with Crippen LogP contribution < -0.4 is 0 Å². The zero-order chi connectivity index (χ0) is 15.8. The number of hydrogen-bond donors (Lipinski definition) is 0. The molecule has 19 nitrogen and oxygen atoms in total. The fraction of sp³-hybridized carbons (Fsp3) is 1.00. The Kier molecular flexibility index (Phi) is 3.18. The lowest BCUT2D eigenvalue weighted by Gasteiger charge is -2.08. The Morgan fingerprint density at radius 1 is 0.600 bits per heavy atom. The van der Waals surface area contributed by atoms with Gasteiger partial charge in [-0.05, 0) is 0 Å². The van der Waals surface area contributed by atoms with Crippen LogP contribution in [0.1, 0.15) is 0 Å². The Balaban J connectivity index is 3.51. The summed E-state index contributed by atoms with van der Waals surface area (Å²) in [5.74, 6) is 0. The molecule has 0 aromatic rings. The van der Waals surface area contributed by atoms with Crippen molar-refractivity contribution in [1.29, 1.82) is 0 Å². The normalized spacial score (nSPS) is 15.4. The summed E-state index contributed by atoms with van der Waals surface area (Å²) in [6.07, 6.45) is -3.13. The van der Waals surface area contributed by atoms with Gasteiger partial charge < -0.3 is 0 Å². The van der Waals surface area contributed by atoms with Crippen LogP contribution in [0, 0.1) is 50.6 Å². The molecule has 1 rings (SSSR count). The Morgan fingerprint density at radius 3 is 1.05 bits per heavy atom. The second-order valence-electron chi connectivity index (χ2n) is 2.76. The van der Waals surface area contributed by atoms with Crippen LogP contribution >= 0.6 is 0 Å². The van der Waals surface area contributed by atoms with Crippen molar-refractivity contribution in [1.82, 2.24) is 20.7 Å². The Labute approximate surface area is 104 Å². The molecule has 0 saturated carbocycles. The molecule has 0 aromatic carbocycles. The zero-order valence-corrected chi connectivity index (χ0v) is 8.68. The first kappa shape index (κ1) is 14.3. The predicted octanol–water partition coefficient (Wildman–Crippen LogP) is -2.72. The van der Waals surface area contributed by atoms with Gasteiger partial charge in [0.05, 0.1) is 4.92 Å². The molecule has 1 aliphatic rings. The van der Waals surface area contributed by atoms with E-state index in [0.29, 0.717) is 0 Å². The van der Waals surface area contributed by atoms with Gasteiger partial charge >= 0.3 is 6.29 Å². The molecule has 0 aromatic heterocycles. The third kappa shape index (κ3) is 1.89. The van der Waals surface area contributed by atoms with Gasteiger partial charge in [0.15, 0.2) is 20.3 Å². The van der Waals surface area contributed by atoms with Crippen LogP contribution in [0.2, 0.25) is 0 Å². The molecule has 110 valence electrons. The van der Waals surface area contributed by atoms with Crippen LogP contribution in [-0.2, 0) is 0 Å². The molecule has 0 unspecified atom stereocenters. The van der Waals surface area contributed by atoms with Crippen molar-refractivity contribution in [2.24, 2.45) is 0 Å². The number of hydrogen-bond acceptors (Lipinski definition) is 10. The van der Waals surface area contributed by atoms with Crippen LogP contribution in [0.5, 0.6) is 0 Å². The molecule has 0 amide bonds. The van der Waals surface area contributed by atoms with Gasteiger partial charge in [-0.25, -0.2) is 40.5 Å². The number of nitro groups is 5. The molecular formula is CHN9O10. The van der Waals surface area contributed by atoms with E-state index in [2.05, 4.69) is 0 Å². The maximum absolute atomic E-state index is 10.6. The third-order valence-electron chi connectivity index (χ3n) is 1.75. The van der Waals surface area contributed by atoms with Crippen LogP contribution in [0.4, 0.5) is 0 Å². The summed E-state index contributed by atoms with van der Waals surface area (Å²) in [7, 11) is 0. The first-order chi connectivity index (χ1) is 9.11. The highest BCUT2D eigenvalue weighted by Gasteiger charge is 2.76. The molecule has 1 aliphatic heterocycles. The van der Waals surface area contributed by atoms with E-state index in [0.717, 1.165) is 0 Å². The number of rotatable bonds is 5. The summed E-state index contributed by atoms with van der Waals surface area (Å²) in [6.45, 7) is 0. The lowest BCUT2D eigenvalue weighted by molar-refractivity contribution is -0.944. The maximum atomic E-state index is 10.6. The second kappa shape index (κ2) is 4.46. The van der Waals surface area contributed by atoms with Gasteiger partial charge in [0.2, 0.25) is 20.5 Å². The minimum atomic E-state index is -3.13.